The normalized spacial score (nSPS) is 22.6. The van der Waals surface area contributed by atoms with E-state index in [0.29, 0.717) is 12.5 Å². The lowest BCUT2D eigenvalue weighted by Gasteiger charge is -2.39. The third kappa shape index (κ3) is 6.99. The van der Waals surface area contributed by atoms with Crippen LogP contribution in [0.25, 0.3) is 0 Å². The van der Waals surface area contributed by atoms with E-state index in [1.165, 1.54) is 12.0 Å². The number of aliphatic imine (C=N–C) groups is 2. The van der Waals surface area contributed by atoms with E-state index in [1.54, 1.807) is 12.2 Å². The number of ether oxygens (including phenoxy) is 2. The summed E-state index contributed by atoms with van der Waals surface area (Å²) in [7, 11) is 2.10. The van der Waals surface area contributed by atoms with Crippen LogP contribution in [0.3, 0.4) is 0 Å². The number of rotatable bonds is 15. The van der Waals surface area contributed by atoms with Gasteiger partial charge in [0.15, 0.2) is 0 Å². The Bertz CT molecular complexity index is 1030. The molecule has 2 aliphatic heterocycles. The quantitative estimate of drug-likeness (QED) is 0.274. The van der Waals surface area contributed by atoms with E-state index in [0.717, 1.165) is 82.4 Å². The molecule has 0 amide bonds. The molecule has 1 aliphatic carbocycles. The fourth-order valence-electron chi connectivity index (χ4n) is 5.25. The van der Waals surface area contributed by atoms with Gasteiger partial charge in [-0.3, -0.25) is 9.89 Å². The first-order chi connectivity index (χ1) is 18.1. The molecule has 200 valence electrons. The van der Waals surface area contributed by atoms with Crippen LogP contribution in [-0.2, 0) is 15.9 Å². The molecule has 0 saturated carbocycles. The molecular formula is C31H43N3O3. The maximum absolute atomic E-state index is 10.3. The van der Waals surface area contributed by atoms with Crippen LogP contribution >= 0.6 is 0 Å². The molecule has 37 heavy (non-hydrogen) atoms. The van der Waals surface area contributed by atoms with Gasteiger partial charge >= 0.3 is 0 Å². The molecule has 1 spiro atoms. The van der Waals surface area contributed by atoms with Crippen molar-refractivity contribution in [3.8, 4) is 0 Å². The molecule has 0 fully saturated rings. The Hall–Kier alpha value is -2.70. The van der Waals surface area contributed by atoms with E-state index < -0.39 is 5.54 Å². The highest BCUT2D eigenvalue weighted by atomic mass is 16.5. The van der Waals surface area contributed by atoms with Gasteiger partial charge in [-0.15, -0.1) is 0 Å². The van der Waals surface area contributed by atoms with Gasteiger partial charge in [-0.25, -0.2) is 4.99 Å². The SMILES string of the molecule is CCCCC1N=C2C=C(O)C=C3N=C(OCCCCCCOCCCCc4ccccc4)C=CC32N1C. The van der Waals surface area contributed by atoms with Gasteiger partial charge in [-0.1, -0.05) is 56.5 Å². The first kappa shape index (κ1) is 27.3. The monoisotopic (exact) mass is 505 g/mol. The standard InChI is InChI=1S/C31H43N3O3/c1-3-4-17-29-32-27-23-26(35)24-28-31(27,34(29)2)19-18-30(33-28)37-22-12-6-5-11-20-36-21-13-10-16-25-14-8-7-9-15-25/h7-9,14-15,18-19,23-24,29,35H,3-6,10-13,16-17,20-22H2,1-2H3. The Morgan fingerprint density at radius 1 is 0.946 bits per heavy atom. The zero-order valence-corrected chi connectivity index (χ0v) is 22.6. The molecule has 4 rings (SSSR count). The molecule has 3 aliphatic rings. The lowest BCUT2D eigenvalue weighted by Crippen LogP contribution is -2.52. The summed E-state index contributed by atoms with van der Waals surface area (Å²) in [5.41, 5.74) is 2.55. The van der Waals surface area contributed by atoms with Crippen molar-refractivity contribution in [1.29, 1.82) is 0 Å². The molecule has 0 bridgehead atoms. The van der Waals surface area contributed by atoms with E-state index in [1.807, 2.05) is 6.08 Å². The number of benzene rings is 1. The molecule has 2 unspecified atom stereocenters. The van der Waals surface area contributed by atoms with Gasteiger partial charge in [-0.05, 0) is 69.7 Å². The van der Waals surface area contributed by atoms with Crippen LogP contribution in [-0.4, -0.2) is 60.2 Å². The van der Waals surface area contributed by atoms with Gasteiger partial charge in [0.2, 0.25) is 5.90 Å². The molecule has 1 aromatic carbocycles. The minimum absolute atomic E-state index is 0.0982. The average Bonchev–Trinajstić information content (AvgIpc) is 3.17. The van der Waals surface area contributed by atoms with Crippen LogP contribution in [0.1, 0.15) is 70.3 Å². The van der Waals surface area contributed by atoms with Gasteiger partial charge in [0, 0.05) is 25.4 Å². The predicted molar refractivity (Wildman–Crippen MR) is 151 cm³/mol. The molecule has 0 radical (unpaired) electrons. The van der Waals surface area contributed by atoms with Crippen molar-refractivity contribution in [2.75, 3.05) is 26.9 Å². The fourth-order valence-corrected chi connectivity index (χ4v) is 5.25. The van der Waals surface area contributed by atoms with Crippen molar-refractivity contribution in [3.05, 3.63) is 71.7 Å². The third-order valence-corrected chi connectivity index (χ3v) is 7.44. The summed E-state index contributed by atoms with van der Waals surface area (Å²) in [4.78, 5) is 12.0. The summed E-state index contributed by atoms with van der Waals surface area (Å²) in [6.45, 7) is 4.53. The smallest absolute Gasteiger partial charge is 0.213 e. The minimum Gasteiger partial charge on any atom is -0.508 e. The second-order valence-electron chi connectivity index (χ2n) is 10.2. The van der Waals surface area contributed by atoms with E-state index in [4.69, 9.17) is 19.5 Å². The molecule has 2 heterocycles. The first-order valence-corrected chi connectivity index (χ1v) is 14.1. The van der Waals surface area contributed by atoms with Crippen LogP contribution in [0.4, 0.5) is 0 Å². The molecule has 0 aromatic heterocycles. The van der Waals surface area contributed by atoms with Gasteiger partial charge in [0.25, 0.3) is 0 Å². The first-order valence-electron chi connectivity index (χ1n) is 14.1. The van der Waals surface area contributed by atoms with Gasteiger partial charge in [0.1, 0.15) is 17.5 Å². The highest BCUT2D eigenvalue weighted by Gasteiger charge is 2.51. The van der Waals surface area contributed by atoms with Crippen molar-refractivity contribution in [3.63, 3.8) is 0 Å². The zero-order valence-electron chi connectivity index (χ0n) is 22.6. The number of dihydropyridines is 1. The average molecular weight is 506 g/mol. The number of nitrogens with zero attached hydrogens (tertiary/aromatic N) is 3. The summed E-state index contributed by atoms with van der Waals surface area (Å²) in [5.74, 6) is 0.806. The Morgan fingerprint density at radius 3 is 2.49 bits per heavy atom. The van der Waals surface area contributed by atoms with Crippen LogP contribution in [0.2, 0.25) is 0 Å². The highest BCUT2D eigenvalue weighted by Crippen LogP contribution is 2.42. The van der Waals surface area contributed by atoms with Crippen molar-refractivity contribution >= 4 is 11.6 Å². The van der Waals surface area contributed by atoms with E-state index in [9.17, 15) is 5.11 Å². The lowest BCUT2D eigenvalue weighted by molar-refractivity contribution is 0.126. The number of aryl methyl sites for hydroxylation is 1. The summed E-state index contributed by atoms with van der Waals surface area (Å²) >= 11 is 0. The summed E-state index contributed by atoms with van der Waals surface area (Å²) in [5, 5.41) is 10.3. The zero-order chi connectivity index (χ0) is 25.9. The van der Waals surface area contributed by atoms with E-state index >= 15 is 0 Å². The number of likely N-dealkylation sites (N-methyl/N-ethyl adjacent to an activating group) is 1. The van der Waals surface area contributed by atoms with Crippen LogP contribution in [0, 0.1) is 0 Å². The number of hydrogen-bond donors (Lipinski definition) is 1. The van der Waals surface area contributed by atoms with Crippen LogP contribution in [0.5, 0.6) is 0 Å². The fraction of sp³-hybridized carbons (Fsp3) is 0.548. The Balaban J connectivity index is 1.10. The Kier molecular flexibility index (Phi) is 10.1. The van der Waals surface area contributed by atoms with Crippen molar-refractivity contribution in [1.82, 2.24) is 4.90 Å². The number of unbranched alkanes of at least 4 members (excludes halogenated alkanes) is 5. The minimum atomic E-state index is -0.501. The summed E-state index contributed by atoms with van der Waals surface area (Å²) < 4.78 is 11.8. The van der Waals surface area contributed by atoms with Gasteiger partial charge in [-0.2, -0.15) is 0 Å². The summed E-state index contributed by atoms with van der Waals surface area (Å²) in [6, 6.07) is 10.7. The number of aliphatic hydroxyl groups excluding tert-OH is 1. The summed E-state index contributed by atoms with van der Waals surface area (Å²) in [6.07, 6.45) is 18.7. The predicted octanol–water partition coefficient (Wildman–Crippen LogP) is 6.55. The molecule has 6 heteroatoms. The van der Waals surface area contributed by atoms with E-state index in [-0.39, 0.29) is 11.9 Å². The van der Waals surface area contributed by atoms with Gasteiger partial charge < -0.3 is 14.6 Å². The van der Waals surface area contributed by atoms with Crippen molar-refractivity contribution < 1.29 is 14.6 Å². The molecule has 0 saturated heterocycles. The Morgan fingerprint density at radius 2 is 1.70 bits per heavy atom. The van der Waals surface area contributed by atoms with Crippen molar-refractivity contribution in [2.45, 2.75) is 82.8 Å². The third-order valence-electron chi connectivity index (χ3n) is 7.44. The van der Waals surface area contributed by atoms with Crippen LogP contribution in [0.15, 0.2) is 76.1 Å². The maximum Gasteiger partial charge on any atom is 0.213 e. The molecule has 6 nitrogen and oxygen atoms in total. The number of allylic oxidation sites excluding steroid dienone is 1. The maximum atomic E-state index is 10.3. The number of aliphatic hydroxyl groups is 1. The molecular weight excluding hydrogens is 462 g/mol. The topological polar surface area (TPSA) is 66.7 Å². The van der Waals surface area contributed by atoms with E-state index in [2.05, 4.69) is 55.3 Å². The van der Waals surface area contributed by atoms with Crippen LogP contribution < -0.4 is 0 Å². The second-order valence-corrected chi connectivity index (χ2v) is 10.2. The van der Waals surface area contributed by atoms with Crippen molar-refractivity contribution in [2.24, 2.45) is 9.98 Å². The lowest BCUT2D eigenvalue weighted by atomic mass is 9.83. The molecule has 1 aromatic rings. The molecule has 2 atom stereocenters. The molecule has 1 N–H and O–H groups in total. The number of hydrogen-bond acceptors (Lipinski definition) is 6. The van der Waals surface area contributed by atoms with Gasteiger partial charge in [0.05, 0.1) is 18.0 Å². The second kappa shape index (κ2) is 13.7. The highest BCUT2D eigenvalue weighted by molar-refractivity contribution is 6.11. The Labute approximate surface area is 222 Å². The largest absolute Gasteiger partial charge is 0.508 e.